The molecule has 1 aliphatic rings. The molecule has 29 heavy (non-hydrogen) atoms. The summed E-state index contributed by atoms with van der Waals surface area (Å²) < 4.78 is 25.3. The zero-order chi connectivity index (χ0) is 21.0. The van der Waals surface area contributed by atoms with Gasteiger partial charge in [-0.3, -0.25) is 14.5 Å². The van der Waals surface area contributed by atoms with Gasteiger partial charge in [0.05, 0.1) is 24.2 Å². The van der Waals surface area contributed by atoms with E-state index >= 15 is 0 Å². The fraction of sp³-hybridized carbons (Fsp3) is 0.273. The molecule has 0 bridgehead atoms. The largest absolute Gasteiger partial charge is 0.490 e. The van der Waals surface area contributed by atoms with Gasteiger partial charge in [-0.25, -0.2) is 4.39 Å². The molecule has 0 spiro atoms. The molecule has 0 unspecified atom stereocenters. The van der Waals surface area contributed by atoms with Crippen molar-refractivity contribution >= 4 is 29.0 Å². The first kappa shape index (κ1) is 20.9. The average Bonchev–Trinajstić information content (AvgIpc) is 2.93. The van der Waals surface area contributed by atoms with Crippen LogP contribution in [0.4, 0.5) is 9.18 Å². The van der Waals surface area contributed by atoms with Crippen LogP contribution in [-0.4, -0.2) is 28.8 Å². The normalized spacial score (nSPS) is 15.5. The minimum Gasteiger partial charge on any atom is -0.490 e. The molecular weight excluding hydrogens is 393 g/mol. The van der Waals surface area contributed by atoms with Crippen molar-refractivity contribution < 1.29 is 23.5 Å². The number of rotatable bonds is 7. The van der Waals surface area contributed by atoms with Gasteiger partial charge in [0.25, 0.3) is 11.1 Å². The average molecular weight is 415 g/mol. The quantitative estimate of drug-likeness (QED) is 0.578. The van der Waals surface area contributed by atoms with E-state index in [1.807, 2.05) is 20.8 Å². The first-order chi connectivity index (χ1) is 13.9. The van der Waals surface area contributed by atoms with E-state index in [2.05, 4.69) is 0 Å². The molecule has 1 fully saturated rings. The van der Waals surface area contributed by atoms with E-state index in [1.165, 1.54) is 6.07 Å². The number of hydrogen-bond acceptors (Lipinski definition) is 5. The van der Waals surface area contributed by atoms with Gasteiger partial charge >= 0.3 is 0 Å². The first-order valence-electron chi connectivity index (χ1n) is 9.31. The van der Waals surface area contributed by atoms with Crippen molar-refractivity contribution in [1.82, 2.24) is 4.90 Å². The molecular formula is C22H22FNO4S. The Morgan fingerprint density at radius 3 is 2.59 bits per heavy atom. The summed E-state index contributed by atoms with van der Waals surface area (Å²) in [6.07, 6.45) is 1.63. The molecule has 0 atom stereocenters. The van der Waals surface area contributed by atoms with Gasteiger partial charge in [-0.1, -0.05) is 24.3 Å². The van der Waals surface area contributed by atoms with Crippen molar-refractivity contribution in [2.75, 3.05) is 6.61 Å². The summed E-state index contributed by atoms with van der Waals surface area (Å²) in [6, 6.07) is 11.4. The van der Waals surface area contributed by atoms with Gasteiger partial charge in [-0.15, -0.1) is 0 Å². The third-order valence-corrected chi connectivity index (χ3v) is 5.00. The van der Waals surface area contributed by atoms with Gasteiger partial charge < -0.3 is 9.47 Å². The lowest BCUT2D eigenvalue weighted by Crippen LogP contribution is -2.27. The Morgan fingerprint density at radius 1 is 1.14 bits per heavy atom. The third kappa shape index (κ3) is 4.98. The lowest BCUT2D eigenvalue weighted by molar-refractivity contribution is -0.123. The predicted molar refractivity (Wildman–Crippen MR) is 111 cm³/mol. The maximum atomic E-state index is 13.9. The van der Waals surface area contributed by atoms with Crippen molar-refractivity contribution in [2.45, 2.75) is 33.4 Å². The van der Waals surface area contributed by atoms with Gasteiger partial charge in [0.2, 0.25) is 0 Å². The van der Waals surface area contributed by atoms with Crippen LogP contribution in [0.25, 0.3) is 6.08 Å². The molecule has 0 radical (unpaired) electrons. The number of halogens is 1. The summed E-state index contributed by atoms with van der Waals surface area (Å²) in [5, 5.41) is -0.422. The Morgan fingerprint density at radius 2 is 1.90 bits per heavy atom. The van der Waals surface area contributed by atoms with E-state index in [-0.39, 0.29) is 17.6 Å². The number of ether oxygens (including phenoxy) is 2. The van der Waals surface area contributed by atoms with Gasteiger partial charge in [-0.05, 0) is 62.4 Å². The molecule has 7 heteroatoms. The van der Waals surface area contributed by atoms with Crippen LogP contribution in [0.2, 0.25) is 0 Å². The highest BCUT2D eigenvalue weighted by atomic mass is 32.2. The van der Waals surface area contributed by atoms with Crippen molar-refractivity contribution in [3.8, 4) is 11.5 Å². The summed E-state index contributed by atoms with van der Waals surface area (Å²) in [5.41, 5.74) is 1.01. The Labute approximate surface area is 173 Å². The summed E-state index contributed by atoms with van der Waals surface area (Å²) in [5.74, 6) is 0.300. The molecule has 5 nitrogen and oxygen atoms in total. The second-order valence-electron chi connectivity index (χ2n) is 6.67. The molecule has 1 heterocycles. The standard InChI is InChI=1S/C22H22FNO4S/c1-4-27-19-11-15(9-10-18(19)28-14(2)3)12-20-21(25)24(22(26)29-20)13-16-7-5-6-8-17(16)23/h5-12,14H,4,13H2,1-3H3/b20-12+. The van der Waals surface area contributed by atoms with Crippen LogP contribution >= 0.6 is 11.8 Å². The number of carbonyl (C=O) groups excluding carboxylic acids is 2. The molecule has 0 aromatic heterocycles. The molecule has 3 rings (SSSR count). The fourth-order valence-corrected chi connectivity index (χ4v) is 3.66. The number of amides is 2. The summed E-state index contributed by atoms with van der Waals surface area (Å²) in [4.78, 5) is 26.3. The number of hydrogen-bond donors (Lipinski definition) is 0. The predicted octanol–water partition coefficient (Wildman–Crippen LogP) is 5.25. The molecule has 0 saturated carbocycles. The lowest BCUT2D eigenvalue weighted by atomic mass is 10.1. The van der Waals surface area contributed by atoms with E-state index < -0.39 is 17.0 Å². The summed E-state index contributed by atoms with van der Waals surface area (Å²) in [6.45, 7) is 6.10. The minimum atomic E-state index is -0.447. The van der Waals surface area contributed by atoms with E-state index in [0.717, 1.165) is 16.7 Å². The fourth-order valence-electron chi connectivity index (χ4n) is 2.82. The van der Waals surface area contributed by atoms with Gasteiger partial charge in [-0.2, -0.15) is 0 Å². The Bertz CT molecular complexity index is 958. The second-order valence-corrected chi connectivity index (χ2v) is 7.66. The smallest absolute Gasteiger partial charge is 0.293 e. The molecule has 2 aromatic carbocycles. The molecule has 0 aliphatic carbocycles. The molecule has 0 N–H and O–H groups in total. The van der Waals surface area contributed by atoms with E-state index in [0.29, 0.717) is 29.2 Å². The van der Waals surface area contributed by atoms with Crippen LogP contribution < -0.4 is 9.47 Å². The lowest BCUT2D eigenvalue weighted by Gasteiger charge is -2.15. The van der Waals surface area contributed by atoms with E-state index in [9.17, 15) is 14.0 Å². The highest BCUT2D eigenvalue weighted by Crippen LogP contribution is 2.35. The van der Waals surface area contributed by atoms with Crippen LogP contribution in [-0.2, 0) is 11.3 Å². The number of benzene rings is 2. The molecule has 152 valence electrons. The van der Waals surface area contributed by atoms with Gasteiger partial charge in [0.1, 0.15) is 5.82 Å². The molecule has 1 saturated heterocycles. The van der Waals surface area contributed by atoms with Crippen LogP contribution in [0.5, 0.6) is 11.5 Å². The van der Waals surface area contributed by atoms with Crippen LogP contribution in [0.3, 0.4) is 0 Å². The van der Waals surface area contributed by atoms with E-state index in [1.54, 1.807) is 42.5 Å². The maximum absolute atomic E-state index is 13.9. The summed E-state index contributed by atoms with van der Waals surface area (Å²) in [7, 11) is 0. The number of carbonyl (C=O) groups is 2. The van der Waals surface area contributed by atoms with Crippen LogP contribution in [0.15, 0.2) is 47.4 Å². The van der Waals surface area contributed by atoms with E-state index in [4.69, 9.17) is 9.47 Å². The van der Waals surface area contributed by atoms with Gasteiger partial charge in [0, 0.05) is 5.56 Å². The van der Waals surface area contributed by atoms with Crippen molar-refractivity contribution in [1.29, 1.82) is 0 Å². The zero-order valence-electron chi connectivity index (χ0n) is 16.5. The number of thioether (sulfide) groups is 1. The highest BCUT2D eigenvalue weighted by Gasteiger charge is 2.35. The Kier molecular flexibility index (Phi) is 6.59. The van der Waals surface area contributed by atoms with Crippen molar-refractivity contribution in [2.24, 2.45) is 0 Å². The monoisotopic (exact) mass is 415 g/mol. The first-order valence-corrected chi connectivity index (χ1v) is 10.1. The van der Waals surface area contributed by atoms with Gasteiger partial charge in [0.15, 0.2) is 11.5 Å². The number of imide groups is 1. The molecule has 2 aromatic rings. The van der Waals surface area contributed by atoms with Crippen LogP contribution in [0.1, 0.15) is 31.9 Å². The minimum absolute atomic E-state index is 0.00469. The summed E-state index contributed by atoms with van der Waals surface area (Å²) >= 11 is 0.840. The SMILES string of the molecule is CCOc1cc(/C=C2/SC(=O)N(Cc3ccccc3F)C2=O)ccc1OC(C)C. The Hall–Kier alpha value is -2.80. The highest BCUT2D eigenvalue weighted by molar-refractivity contribution is 8.18. The van der Waals surface area contributed by atoms with Crippen molar-refractivity contribution in [3.63, 3.8) is 0 Å². The second kappa shape index (κ2) is 9.13. The Balaban J connectivity index is 1.83. The molecule has 1 aliphatic heterocycles. The number of nitrogens with zero attached hydrogens (tertiary/aromatic N) is 1. The van der Waals surface area contributed by atoms with Crippen molar-refractivity contribution in [3.05, 3.63) is 64.3 Å². The zero-order valence-corrected chi connectivity index (χ0v) is 17.3. The van der Waals surface area contributed by atoms with Crippen LogP contribution in [0, 0.1) is 5.82 Å². The maximum Gasteiger partial charge on any atom is 0.293 e. The molecule has 2 amide bonds. The topological polar surface area (TPSA) is 55.8 Å². The third-order valence-electron chi connectivity index (χ3n) is 4.09.